The number of aryl methyl sites for hydroxylation is 1. The van der Waals surface area contributed by atoms with Crippen LogP contribution in [0.15, 0.2) is 88.6 Å². The van der Waals surface area contributed by atoms with Crippen LogP contribution in [0.25, 0.3) is 10.8 Å². The number of phenolic OH excluding ortho intramolecular Hbond substituents is 1. The van der Waals surface area contributed by atoms with Gasteiger partial charge in [-0.05, 0) is 66.4 Å². The number of ether oxygens (including phenoxy) is 1. The van der Waals surface area contributed by atoms with Crippen molar-refractivity contribution in [2.75, 3.05) is 39.3 Å². The third kappa shape index (κ3) is 20.1. The predicted octanol–water partition coefficient (Wildman–Crippen LogP) is -8.30. The van der Waals surface area contributed by atoms with Crippen molar-refractivity contribution in [3.05, 3.63) is 54.1 Å². The summed E-state index contributed by atoms with van der Waals surface area (Å²) in [6.07, 6.45) is 0. The number of fused-ring (bicyclic) bond motifs is 1. The van der Waals surface area contributed by atoms with Crippen LogP contribution in [0.1, 0.15) is 5.56 Å². The number of aromatic hydroxyl groups is 1. The number of anilines is 1. The van der Waals surface area contributed by atoms with Gasteiger partial charge in [-0.2, -0.15) is 13.8 Å². The van der Waals surface area contributed by atoms with E-state index in [-0.39, 0.29) is 187 Å². The zero-order valence-electron chi connectivity index (χ0n) is 33.5. The summed E-state index contributed by atoms with van der Waals surface area (Å²) >= 11 is -0.768. The van der Waals surface area contributed by atoms with Crippen molar-refractivity contribution in [3.63, 3.8) is 0 Å². The molecule has 1 unspecified atom stereocenters. The maximum absolute atomic E-state index is 12.4. The zero-order valence-corrected chi connectivity index (χ0v) is 46.4. The molecule has 0 aliphatic heterocycles. The maximum Gasteiger partial charge on any atom is 1.00 e. The summed E-state index contributed by atoms with van der Waals surface area (Å²) < 4.78 is 114. The summed E-state index contributed by atoms with van der Waals surface area (Å²) in [7, 11) is -8.95. The van der Waals surface area contributed by atoms with Gasteiger partial charge in [0.25, 0.3) is 0 Å². The van der Waals surface area contributed by atoms with Gasteiger partial charge in [-0.15, -0.1) is 19.7 Å². The molecule has 0 saturated heterocycles. The van der Waals surface area contributed by atoms with Gasteiger partial charge in [0.1, 0.15) is 39.5 Å². The zero-order chi connectivity index (χ0) is 43.2. The van der Waals surface area contributed by atoms with Crippen molar-refractivity contribution < 1.29 is 209 Å². The molecule has 0 saturated carbocycles. The molecule has 63 heavy (non-hydrogen) atoms. The largest absolute Gasteiger partial charge is 1.00 e. The first kappa shape index (κ1) is 63.3. The number of nitrogen functional groups attached to an aromatic ring is 1. The average molecular weight is 1040 g/mol. The molecule has 0 aromatic heterocycles. The van der Waals surface area contributed by atoms with Crippen molar-refractivity contribution in [2.45, 2.75) is 26.5 Å². The molecule has 0 spiro atoms. The fourth-order valence-corrected chi connectivity index (χ4v) is 7.25. The number of azo groups is 2. The first-order valence-corrected chi connectivity index (χ1v) is 21.2. The van der Waals surface area contributed by atoms with E-state index in [1.807, 2.05) is 0 Å². The topological polar surface area (TPSA) is 366 Å². The molecule has 4 aromatic carbocycles. The number of methoxy groups -OCH3 is 1. The number of benzene rings is 4. The Kier molecular flexibility index (Phi) is 31.6. The van der Waals surface area contributed by atoms with Crippen molar-refractivity contribution in [3.8, 4) is 11.5 Å². The van der Waals surface area contributed by atoms with Crippen LogP contribution in [0.4, 0.5) is 28.4 Å². The minimum Gasteiger partial charge on any atom is -0.744 e. The first-order chi connectivity index (χ1) is 28.1. The van der Waals surface area contributed by atoms with E-state index in [2.05, 4.69) is 43.4 Å². The molecule has 0 fully saturated rings. The van der Waals surface area contributed by atoms with Crippen LogP contribution < -0.4 is 139 Å². The van der Waals surface area contributed by atoms with Crippen molar-refractivity contribution in [1.29, 1.82) is 0 Å². The minimum absolute atomic E-state index is 0. The van der Waals surface area contributed by atoms with Gasteiger partial charge < -0.3 is 35.2 Å². The van der Waals surface area contributed by atoms with Gasteiger partial charge in [-0.1, -0.05) is 0 Å². The SMILES string of the molecule is COc1cc(SOOCCOSOO[O-])c(C)cc1N=Nc1c(SOO[O-])cc2cc(S(=O)(=O)[O-])c(N=Nc3ccc(S(=O)OCCOS(=O)(=O)[O-])cc3)c(N)c2c1O.[Na+].[Na+].[Na+].[Na+]. The van der Waals surface area contributed by atoms with Crippen LogP contribution in [-0.2, 0) is 72.1 Å². The molecule has 322 valence electrons. The summed E-state index contributed by atoms with van der Waals surface area (Å²) in [6, 6.07) is 10.1. The quantitative estimate of drug-likeness (QED) is 0.00757. The maximum atomic E-state index is 12.4. The van der Waals surface area contributed by atoms with Gasteiger partial charge >= 0.3 is 118 Å². The van der Waals surface area contributed by atoms with Crippen LogP contribution >= 0.6 is 36.4 Å². The van der Waals surface area contributed by atoms with E-state index in [9.17, 15) is 45.8 Å². The fourth-order valence-electron chi connectivity index (χ4n) is 4.38. The summed E-state index contributed by atoms with van der Waals surface area (Å²) in [5, 5.41) is 54.1. The normalized spacial score (nSPS) is 12.1. The Morgan fingerprint density at radius 1 is 0.794 bits per heavy atom. The molecule has 4 aromatic rings. The molecule has 0 amide bonds. The number of rotatable bonds is 24. The van der Waals surface area contributed by atoms with Gasteiger partial charge in [0.15, 0.2) is 29.2 Å². The van der Waals surface area contributed by atoms with E-state index in [4.69, 9.17) is 28.1 Å². The van der Waals surface area contributed by atoms with Gasteiger partial charge in [-0.3, -0.25) is 22.6 Å². The van der Waals surface area contributed by atoms with Gasteiger partial charge in [-0.25, -0.2) is 25.9 Å². The van der Waals surface area contributed by atoms with Crippen molar-refractivity contribution >= 4 is 107 Å². The second kappa shape index (κ2) is 31.4. The number of phenols is 1. The van der Waals surface area contributed by atoms with Crippen LogP contribution in [0.2, 0.25) is 0 Å². The number of nitrogens with zero attached hydrogens (tertiary/aromatic N) is 4. The average Bonchev–Trinajstić information content (AvgIpc) is 3.18. The van der Waals surface area contributed by atoms with Crippen molar-refractivity contribution in [2.24, 2.45) is 20.5 Å². The van der Waals surface area contributed by atoms with Crippen LogP contribution in [0.5, 0.6) is 11.5 Å². The molecule has 4 rings (SSSR count). The Hall–Kier alpha value is 0.320. The number of hydrogen-bond donors (Lipinski definition) is 2. The fraction of sp³-hybridized carbons (Fsp3) is 0.214. The van der Waals surface area contributed by atoms with E-state index in [0.717, 1.165) is 18.1 Å². The molecule has 0 aliphatic rings. The van der Waals surface area contributed by atoms with Crippen LogP contribution in [0.3, 0.4) is 0 Å². The Labute approximate surface area is 462 Å². The van der Waals surface area contributed by atoms with Crippen molar-refractivity contribution in [1.82, 2.24) is 0 Å². The second-order valence-electron chi connectivity index (χ2n) is 10.5. The number of hydrogen-bond acceptors (Lipinski definition) is 28. The molecule has 0 aliphatic carbocycles. The molecule has 25 nitrogen and oxygen atoms in total. The van der Waals surface area contributed by atoms with E-state index < -0.39 is 66.8 Å². The monoisotopic (exact) mass is 1030 g/mol. The third-order valence-electron chi connectivity index (χ3n) is 6.79. The standard InChI is InChI=1S/C28H29N5O20S6.4Na/c1-15-11-19(20(44-2)14-21(15)54-51-45-7-8-46-56-53-50-36)31-32-26-22(55-52-49-35)12-16-13-23(58(38,39)40)27(25(29)24(16)28(26)34)33-30-17-3-5-18(6-4-17)57(37)47-9-10-48-59(41,42)43;;;;/h3-6,11-14,34-36H,7-10,29H2,1-2H3,(H,38,39,40)(H,41,42,43);;;;/q;4*+1/p-4. The molecular formula is C28H25N5Na4O20S6. The summed E-state index contributed by atoms with van der Waals surface area (Å²) in [6.45, 7) is 0.420. The molecule has 0 bridgehead atoms. The smallest absolute Gasteiger partial charge is 0.744 e. The predicted molar refractivity (Wildman–Crippen MR) is 195 cm³/mol. The Morgan fingerprint density at radius 3 is 2.06 bits per heavy atom. The summed E-state index contributed by atoms with van der Waals surface area (Å²) in [4.78, 5) is 4.44. The minimum atomic E-state index is -5.32. The molecule has 3 N–H and O–H groups in total. The van der Waals surface area contributed by atoms with Crippen LogP contribution in [0, 0.1) is 6.92 Å². The van der Waals surface area contributed by atoms with E-state index in [1.165, 1.54) is 49.6 Å². The summed E-state index contributed by atoms with van der Waals surface area (Å²) in [5.74, 6) is -0.573. The molecule has 35 heteroatoms. The molecule has 0 radical (unpaired) electrons. The summed E-state index contributed by atoms with van der Waals surface area (Å²) in [5.41, 5.74) is 5.46. The van der Waals surface area contributed by atoms with Crippen LogP contribution in [-0.4, -0.2) is 68.8 Å². The second-order valence-corrected chi connectivity index (χ2v) is 16.0. The number of nitrogens with two attached hydrogens (primary N) is 1. The molecule has 1 atom stereocenters. The Morgan fingerprint density at radius 2 is 1.44 bits per heavy atom. The van der Waals surface area contributed by atoms with E-state index in [0.29, 0.717) is 22.8 Å². The van der Waals surface area contributed by atoms with Gasteiger partial charge in [0.05, 0.1) is 82.5 Å². The van der Waals surface area contributed by atoms with E-state index >= 15 is 0 Å². The third-order valence-corrected chi connectivity index (χ3v) is 10.9. The van der Waals surface area contributed by atoms with Gasteiger partial charge in [0, 0.05) is 4.90 Å². The van der Waals surface area contributed by atoms with E-state index in [1.54, 1.807) is 6.92 Å². The Bertz CT molecular complexity index is 2410. The molecule has 0 heterocycles. The molecular weight excluding hydrogens is 1010 g/mol. The first-order valence-electron chi connectivity index (χ1n) is 15.3. The van der Waals surface area contributed by atoms with Gasteiger partial charge in [0.2, 0.25) is 10.4 Å². The Balaban J connectivity index is 0.00000961.